The Hall–Kier alpha value is -12.4. The molecule has 0 N–H and O–H groups in total. The molecule has 10 heterocycles. The Kier molecular flexibility index (Phi) is 42.0. The van der Waals surface area contributed by atoms with Gasteiger partial charge in [0.15, 0.2) is 5.69 Å². The molecule has 18 aromatic rings. The molecule has 0 amide bonds. The highest BCUT2D eigenvalue weighted by Crippen LogP contribution is 2.37. The molecule has 0 aliphatic carbocycles. The average molecular weight is 2030 g/mol. The lowest BCUT2D eigenvalue weighted by Gasteiger charge is -2.11. The van der Waals surface area contributed by atoms with Gasteiger partial charge in [-0.25, -0.2) is 14.8 Å². The number of nitro benzene ring substituents is 1. The number of non-ortho nitro benzene ring substituents is 1. The molecule has 0 atom stereocenters. The number of nitro groups is 1. The van der Waals surface area contributed by atoms with Gasteiger partial charge in [-0.3, -0.25) is 10.1 Å². The van der Waals surface area contributed by atoms with E-state index >= 15 is 0 Å². The number of thiazole rings is 2. The highest BCUT2D eigenvalue weighted by molar-refractivity contribution is 7.20. The Morgan fingerprint density at radius 2 is 0.837 bits per heavy atom. The zero-order valence-corrected chi connectivity index (χ0v) is 94.0. The summed E-state index contributed by atoms with van der Waals surface area (Å²) < 4.78 is 12.6. The van der Waals surface area contributed by atoms with Crippen LogP contribution in [-0.4, -0.2) is 36.1 Å². The van der Waals surface area contributed by atoms with Crippen LogP contribution in [0.1, 0.15) is 185 Å². The number of methoxy groups -OCH3 is 1. The van der Waals surface area contributed by atoms with Gasteiger partial charge < -0.3 is 14.1 Å². The molecule has 0 bridgehead atoms. The summed E-state index contributed by atoms with van der Waals surface area (Å²) in [7, 11) is 5.80. The van der Waals surface area contributed by atoms with E-state index in [0.29, 0.717) is 5.69 Å². The van der Waals surface area contributed by atoms with Gasteiger partial charge in [0.1, 0.15) is 27.3 Å². The summed E-state index contributed by atoms with van der Waals surface area (Å²) in [6.45, 7) is 60.4. The van der Waals surface area contributed by atoms with Crippen LogP contribution in [0.15, 0.2) is 229 Å². The van der Waals surface area contributed by atoms with Crippen LogP contribution in [0.5, 0.6) is 5.75 Å². The zero-order valence-electron chi connectivity index (χ0n) is 86.7. The highest BCUT2D eigenvalue weighted by Gasteiger charge is 2.15. The van der Waals surface area contributed by atoms with Crippen molar-refractivity contribution in [1.29, 1.82) is 0 Å². The van der Waals surface area contributed by atoms with Crippen LogP contribution in [0.25, 0.3) is 107 Å². The predicted molar refractivity (Wildman–Crippen MR) is 632 cm³/mol. The largest absolute Gasteiger partial charge is 0.497 e. The number of nitrogens with zero attached hydrogens (tertiary/aromatic N) is 5. The molecule has 0 spiro atoms. The van der Waals surface area contributed by atoms with Gasteiger partial charge in [0, 0.05) is 110 Å². The second-order valence-electron chi connectivity index (χ2n) is 34.8. The molecule has 726 valence electrons. The molecule has 18 rings (SSSR count). The van der Waals surface area contributed by atoms with Crippen LogP contribution >= 0.6 is 102 Å². The Morgan fingerprint density at radius 3 is 1.27 bits per heavy atom. The number of allylic oxidation sites excluding steroid dienone is 4. The van der Waals surface area contributed by atoms with Crippen molar-refractivity contribution in [2.75, 3.05) is 26.1 Å². The molecular weight excluding hydrogens is 1900 g/mol. The number of hydrogen-bond acceptors (Lipinski definition) is 16. The number of aryl methyl sites for hydroxylation is 15. The van der Waals surface area contributed by atoms with E-state index in [4.69, 9.17) is 15.7 Å². The van der Waals surface area contributed by atoms with Crippen LogP contribution in [-0.2, 0) is 0 Å². The molecule has 8 aromatic carbocycles. The van der Waals surface area contributed by atoms with Crippen molar-refractivity contribution in [1.82, 2.24) is 9.97 Å². The minimum Gasteiger partial charge on any atom is -0.497 e. The Morgan fingerprint density at radius 1 is 0.376 bits per heavy atom. The van der Waals surface area contributed by atoms with Crippen LogP contribution in [0.2, 0.25) is 0 Å². The van der Waals surface area contributed by atoms with Crippen molar-refractivity contribution < 1.29 is 14.1 Å². The van der Waals surface area contributed by atoms with Crippen molar-refractivity contribution >= 4 is 211 Å². The number of ether oxygens (including phenoxy) is 1. The van der Waals surface area contributed by atoms with Crippen LogP contribution in [0, 0.1) is 190 Å². The van der Waals surface area contributed by atoms with Gasteiger partial charge in [0.25, 0.3) is 5.69 Å². The highest BCUT2D eigenvalue weighted by atomic mass is 32.1. The Bertz CT molecular complexity index is 7360. The summed E-state index contributed by atoms with van der Waals surface area (Å²) in [6.07, 6.45) is 30.0. The van der Waals surface area contributed by atoms with Crippen molar-refractivity contribution in [3.05, 3.63) is 431 Å². The van der Waals surface area contributed by atoms with Crippen LogP contribution in [0.4, 0.5) is 17.1 Å². The molecule has 9 nitrogen and oxygen atoms in total. The number of anilines is 1. The molecule has 0 radical (unpaired) electrons. The third-order valence-electron chi connectivity index (χ3n) is 24.8. The summed E-state index contributed by atoms with van der Waals surface area (Å²) in [4.78, 5) is 44.0. The van der Waals surface area contributed by atoms with Gasteiger partial charge in [0.2, 0.25) is 0 Å². The van der Waals surface area contributed by atoms with E-state index in [1.165, 1.54) is 184 Å². The Labute approximate surface area is 873 Å². The predicted octanol–water partition coefficient (Wildman–Crippen LogP) is 39.5. The lowest BCUT2D eigenvalue weighted by Crippen LogP contribution is -2.07. The summed E-state index contributed by atoms with van der Waals surface area (Å²) in [5.74, 6) is 2.92. The molecule has 0 unspecified atom stereocenters. The van der Waals surface area contributed by atoms with Crippen LogP contribution in [0.3, 0.4) is 0 Å². The van der Waals surface area contributed by atoms with Crippen LogP contribution < -0.4 is 9.64 Å². The van der Waals surface area contributed by atoms with Gasteiger partial charge in [-0.1, -0.05) is 182 Å². The minimum absolute atomic E-state index is 0.166. The number of para-hydroxylation sites is 1. The first-order chi connectivity index (χ1) is 67.3. The van der Waals surface area contributed by atoms with Gasteiger partial charge in [-0.2, -0.15) is 0 Å². The summed E-state index contributed by atoms with van der Waals surface area (Å²) in [5, 5.41) is 16.5. The maximum atomic E-state index is 10.5. The first-order valence-electron chi connectivity index (χ1n) is 46.8. The van der Waals surface area contributed by atoms with Gasteiger partial charge in [-0.05, 0) is 375 Å². The number of fused-ring (bicyclic) bond motifs is 3. The van der Waals surface area contributed by atoms with Crippen molar-refractivity contribution in [3.63, 3.8) is 0 Å². The molecule has 0 saturated heterocycles. The molecule has 141 heavy (non-hydrogen) atoms. The van der Waals surface area contributed by atoms with E-state index in [1.54, 1.807) is 53.3 Å². The number of thiophene rings is 7. The van der Waals surface area contributed by atoms with E-state index in [0.717, 1.165) is 54.1 Å². The lowest BCUT2D eigenvalue weighted by atomic mass is 10.0. The van der Waals surface area contributed by atoms with Crippen molar-refractivity contribution in [2.45, 2.75) is 173 Å². The zero-order chi connectivity index (χ0) is 102. The fourth-order valence-corrected chi connectivity index (χ4v) is 23.7. The van der Waals surface area contributed by atoms with E-state index in [-0.39, 0.29) is 10.6 Å². The van der Waals surface area contributed by atoms with E-state index in [2.05, 4.69) is 348 Å². The summed E-state index contributed by atoms with van der Waals surface area (Å²) in [6, 6.07) is 67.1. The van der Waals surface area contributed by atoms with Gasteiger partial charge >= 0.3 is 0 Å². The van der Waals surface area contributed by atoms with E-state index in [9.17, 15) is 10.1 Å². The molecule has 0 aliphatic heterocycles. The second-order valence-corrected chi connectivity index (χ2v) is 46.1. The minimum atomic E-state index is -0.357. The topological polar surface area (TPSA) is 98.9 Å². The molecule has 0 saturated carbocycles. The monoisotopic (exact) mass is 2030 g/mol. The van der Waals surface area contributed by atoms with Crippen molar-refractivity contribution in [2.24, 2.45) is 0 Å². The summed E-state index contributed by atoms with van der Waals surface area (Å²) >= 11 is 16.3. The van der Waals surface area contributed by atoms with E-state index < -0.39 is 0 Å². The normalized spacial score (nSPS) is 11.1. The number of benzene rings is 8. The van der Waals surface area contributed by atoms with E-state index in [1.807, 2.05) is 200 Å². The number of rotatable bonds is 16. The standard InChI is InChI=1S/C19H18S.C18H17NS.C18H20OS.C17H21NS.C16H15NS2.C11H11NS.C10H9NO2S.C7H10O.C7H10S/c1-13-14(2)19(20-15(13)3)12-11-17-9-6-8-16-7-4-5-10-18(16)17;2*1-13-14(2)18(20-15(13)3)8-6-5-7-16-9-11-17(19-4)12-10-16;1-12-13(2)17(19-14(12)3)11-8-15-6-9-16(10-7-15)18(4)5;1-10-11(2)14(18-12(10)3)8-9-16-17-13-6-4-5-7-15(13)19-16;1-8-9(2)13-11(12-8)10-6-4-3-5-7-10;1-6-7(2)14-10-5-8(11(12)13)3-4-9(6)10;2*1-5-4-6(2)8-7(5)3/h4-12H,1-3H3;5-12H,1-3H3;5-12H,1-4H3;6-11H,1-5H3;4-9H,1-3H3;3-7H,1-2H3;3-5H,1-2H3;2*4H,1-3H3/b12-11+;2*7-5+,8-6+;11-8+;9-8+;;;;. The molecule has 10 aromatic heterocycles. The molecule has 0 aliphatic rings. The number of aromatic nitrogens is 2. The number of furan rings is 1. The fourth-order valence-electron chi connectivity index (χ4n) is 14.5. The second kappa shape index (κ2) is 53.5. The quantitative estimate of drug-likeness (QED) is 0.0411. The Balaban J connectivity index is 0.000000165. The smallest absolute Gasteiger partial charge is 0.270 e. The maximum absolute atomic E-state index is 10.5. The van der Waals surface area contributed by atoms with Gasteiger partial charge in [-0.15, -0.1) is 102 Å². The first kappa shape index (κ1) is 111. The third-order valence-corrected chi connectivity index (χ3v) is 35.5. The maximum Gasteiger partial charge on any atom is 0.270 e. The SMILES string of the molecule is COc1ccc(/C=C/C=C/c2sc(C)c(C)c2C)cc1.Cc1cc(C)c(C)o1.Cc1cc(C)c(C)s1.Cc1nc(-c2ccccc2)sc1C.Cc1sc(/C=C/c2ccc(N(C)C)cc2)c(C)c1C.Cc1sc(/C=C/c2cccc3ccccc23)c(C)c1C.Cc1sc(/C=C/c2nc3ccccc3s2)c(C)c1C.Cc1sc2cc([N+](=O)[O-])ccc2c1C.[C-]#[N+]c1ccc(/C=C/C=C/c2sc(C)c(C)c2C)cc1. The molecule has 0 fully saturated rings. The number of hydrogen-bond donors (Lipinski definition) is 0. The lowest BCUT2D eigenvalue weighted by molar-refractivity contribution is -0.384. The molecular formula is C123H131N5O4S9. The first-order valence-corrected chi connectivity index (χ1v) is 54.1. The van der Waals surface area contributed by atoms with Gasteiger partial charge in [0.05, 0.1) is 34.5 Å². The fraction of sp³-hybridized carbons (Fsp3) is 0.228. The summed E-state index contributed by atoms with van der Waals surface area (Å²) in [5.41, 5.74) is 28.2. The molecule has 18 heteroatoms. The van der Waals surface area contributed by atoms with Crippen molar-refractivity contribution in [3.8, 4) is 16.3 Å². The average Bonchev–Trinajstić information content (AvgIpc) is 1.66. The third kappa shape index (κ3) is 31.8.